The van der Waals surface area contributed by atoms with E-state index >= 15 is 0 Å². The molecule has 0 atom stereocenters. The quantitative estimate of drug-likeness (QED) is 0.467. The zero-order valence-corrected chi connectivity index (χ0v) is 19.6. The standard InChI is InChI=1S/C24H27N3O5S/c1-30-19-8-9-20-21(16-19)33-24(25-20)27(11-3-10-26-12-14-32-15-13-26)22(28)17-4-6-18(7-5-17)23(29)31-2/h4-9,16H,3,10-15H2,1-2H3. The van der Waals surface area contributed by atoms with E-state index in [1.54, 1.807) is 36.3 Å². The summed E-state index contributed by atoms with van der Waals surface area (Å²) in [7, 11) is 2.96. The summed E-state index contributed by atoms with van der Waals surface area (Å²) in [5, 5.41) is 0.641. The molecule has 1 aromatic heterocycles. The highest BCUT2D eigenvalue weighted by Gasteiger charge is 2.22. The molecule has 1 amide bonds. The van der Waals surface area contributed by atoms with Crippen LogP contribution in [0.15, 0.2) is 42.5 Å². The maximum absolute atomic E-state index is 13.5. The summed E-state index contributed by atoms with van der Waals surface area (Å²) in [4.78, 5) is 34.0. The number of rotatable bonds is 8. The third kappa shape index (κ3) is 5.50. The average molecular weight is 470 g/mol. The normalized spacial score (nSPS) is 14.2. The Balaban J connectivity index is 1.57. The van der Waals surface area contributed by atoms with Gasteiger partial charge >= 0.3 is 5.97 Å². The van der Waals surface area contributed by atoms with Gasteiger partial charge in [-0.25, -0.2) is 9.78 Å². The first kappa shape index (κ1) is 23.2. The van der Waals surface area contributed by atoms with Gasteiger partial charge in [0.25, 0.3) is 5.91 Å². The van der Waals surface area contributed by atoms with Crippen LogP contribution in [0.1, 0.15) is 27.1 Å². The third-order valence-electron chi connectivity index (χ3n) is 5.57. The molecule has 0 unspecified atom stereocenters. The van der Waals surface area contributed by atoms with E-state index in [9.17, 15) is 9.59 Å². The molecule has 1 aliphatic heterocycles. The van der Waals surface area contributed by atoms with Crippen LogP contribution in [0.4, 0.5) is 5.13 Å². The predicted molar refractivity (Wildman–Crippen MR) is 128 cm³/mol. The maximum atomic E-state index is 13.5. The first-order valence-electron chi connectivity index (χ1n) is 10.8. The molecule has 0 N–H and O–H groups in total. The second kappa shape index (κ2) is 10.7. The van der Waals surface area contributed by atoms with Crippen molar-refractivity contribution in [1.82, 2.24) is 9.88 Å². The Morgan fingerprint density at radius 3 is 2.52 bits per heavy atom. The van der Waals surface area contributed by atoms with Crippen molar-refractivity contribution in [2.75, 3.05) is 58.5 Å². The van der Waals surface area contributed by atoms with Gasteiger partial charge in [0, 0.05) is 31.7 Å². The zero-order valence-electron chi connectivity index (χ0n) is 18.8. The molecular formula is C24H27N3O5S. The van der Waals surface area contributed by atoms with Gasteiger partial charge in [0.05, 0.1) is 43.2 Å². The van der Waals surface area contributed by atoms with Crippen LogP contribution in [-0.2, 0) is 9.47 Å². The highest BCUT2D eigenvalue weighted by molar-refractivity contribution is 7.22. The minimum absolute atomic E-state index is 0.153. The largest absolute Gasteiger partial charge is 0.497 e. The van der Waals surface area contributed by atoms with Crippen molar-refractivity contribution in [3.63, 3.8) is 0 Å². The van der Waals surface area contributed by atoms with Crippen molar-refractivity contribution in [2.24, 2.45) is 0 Å². The van der Waals surface area contributed by atoms with Gasteiger partial charge in [-0.2, -0.15) is 0 Å². The number of hydrogen-bond donors (Lipinski definition) is 0. The highest BCUT2D eigenvalue weighted by Crippen LogP contribution is 2.32. The van der Waals surface area contributed by atoms with Gasteiger partial charge in [-0.15, -0.1) is 0 Å². The van der Waals surface area contributed by atoms with Gasteiger partial charge in [0.2, 0.25) is 0 Å². The molecule has 1 aliphatic rings. The number of amides is 1. The van der Waals surface area contributed by atoms with Crippen molar-refractivity contribution in [3.8, 4) is 5.75 Å². The first-order chi connectivity index (χ1) is 16.1. The molecule has 0 radical (unpaired) electrons. The van der Waals surface area contributed by atoms with Gasteiger partial charge in [-0.05, 0) is 48.9 Å². The Morgan fingerprint density at radius 1 is 1.09 bits per heavy atom. The van der Waals surface area contributed by atoms with E-state index in [-0.39, 0.29) is 5.91 Å². The maximum Gasteiger partial charge on any atom is 0.337 e. The fraction of sp³-hybridized carbons (Fsp3) is 0.375. The van der Waals surface area contributed by atoms with E-state index in [1.165, 1.54) is 18.4 Å². The zero-order chi connectivity index (χ0) is 23.2. The molecule has 1 fully saturated rings. The Bertz CT molecular complexity index is 1110. The van der Waals surface area contributed by atoms with Gasteiger partial charge < -0.3 is 14.2 Å². The van der Waals surface area contributed by atoms with Crippen molar-refractivity contribution in [1.29, 1.82) is 0 Å². The van der Waals surface area contributed by atoms with Crippen molar-refractivity contribution in [2.45, 2.75) is 6.42 Å². The van der Waals surface area contributed by atoms with Gasteiger partial charge in [-0.1, -0.05) is 11.3 Å². The molecule has 3 aromatic rings. The molecule has 0 spiro atoms. The number of carbonyl (C=O) groups is 2. The van der Waals surface area contributed by atoms with E-state index in [2.05, 4.69) is 4.90 Å². The van der Waals surface area contributed by atoms with E-state index in [4.69, 9.17) is 19.2 Å². The number of anilines is 1. The van der Waals surface area contributed by atoms with Gasteiger partial charge in [0.15, 0.2) is 5.13 Å². The van der Waals surface area contributed by atoms with Gasteiger partial charge in [0.1, 0.15) is 5.75 Å². The predicted octanol–water partition coefficient (Wildman–Crippen LogP) is 3.46. The Hall–Kier alpha value is -3.01. The summed E-state index contributed by atoms with van der Waals surface area (Å²) in [5.74, 6) is 0.164. The summed E-state index contributed by atoms with van der Waals surface area (Å²) in [6.45, 7) is 4.72. The monoisotopic (exact) mass is 469 g/mol. The number of esters is 1. The number of benzene rings is 2. The van der Waals surface area contributed by atoms with Crippen LogP contribution in [0.3, 0.4) is 0 Å². The summed E-state index contributed by atoms with van der Waals surface area (Å²) in [6.07, 6.45) is 0.811. The van der Waals surface area contributed by atoms with Crippen molar-refractivity contribution in [3.05, 3.63) is 53.6 Å². The molecule has 1 saturated heterocycles. The number of aromatic nitrogens is 1. The number of ether oxygens (including phenoxy) is 3. The molecular weight excluding hydrogens is 442 g/mol. The van der Waals surface area contributed by atoms with Crippen LogP contribution in [0.2, 0.25) is 0 Å². The first-order valence-corrected chi connectivity index (χ1v) is 11.7. The summed E-state index contributed by atoms with van der Waals surface area (Å²) in [5.41, 5.74) is 1.72. The number of fused-ring (bicyclic) bond motifs is 1. The third-order valence-corrected chi connectivity index (χ3v) is 6.61. The lowest BCUT2D eigenvalue weighted by atomic mass is 10.1. The molecule has 4 rings (SSSR count). The lowest BCUT2D eigenvalue weighted by Gasteiger charge is -2.27. The van der Waals surface area contributed by atoms with E-state index in [1.807, 2.05) is 18.2 Å². The summed E-state index contributed by atoms with van der Waals surface area (Å²) < 4.78 is 16.5. The second-order valence-corrected chi connectivity index (χ2v) is 8.67. The molecule has 8 nitrogen and oxygen atoms in total. The fourth-order valence-corrected chi connectivity index (χ4v) is 4.74. The number of nitrogens with zero attached hydrogens (tertiary/aromatic N) is 3. The Kier molecular flexibility index (Phi) is 7.54. The van der Waals surface area contributed by atoms with Crippen LogP contribution in [0.5, 0.6) is 5.75 Å². The van der Waals surface area contributed by atoms with E-state index in [0.29, 0.717) is 22.8 Å². The lowest BCUT2D eigenvalue weighted by Crippen LogP contribution is -2.39. The molecule has 2 heterocycles. The number of thiazole rings is 1. The van der Waals surface area contributed by atoms with Crippen LogP contribution < -0.4 is 9.64 Å². The van der Waals surface area contributed by atoms with Crippen LogP contribution >= 0.6 is 11.3 Å². The molecule has 2 aromatic carbocycles. The molecule has 0 bridgehead atoms. The van der Waals surface area contributed by atoms with Crippen LogP contribution in [0, 0.1) is 0 Å². The molecule has 0 aliphatic carbocycles. The van der Waals surface area contributed by atoms with Crippen molar-refractivity contribution < 1.29 is 23.8 Å². The lowest BCUT2D eigenvalue weighted by molar-refractivity contribution is 0.0376. The molecule has 9 heteroatoms. The number of hydrogen-bond acceptors (Lipinski definition) is 8. The van der Waals surface area contributed by atoms with E-state index < -0.39 is 5.97 Å². The summed E-state index contributed by atoms with van der Waals surface area (Å²) >= 11 is 1.46. The minimum atomic E-state index is -0.434. The Labute approximate surface area is 196 Å². The number of morpholine rings is 1. The van der Waals surface area contributed by atoms with E-state index in [0.717, 1.165) is 55.2 Å². The summed E-state index contributed by atoms with van der Waals surface area (Å²) in [6, 6.07) is 12.2. The fourth-order valence-electron chi connectivity index (χ4n) is 3.72. The molecule has 33 heavy (non-hydrogen) atoms. The van der Waals surface area contributed by atoms with Gasteiger partial charge in [-0.3, -0.25) is 14.6 Å². The molecule has 0 saturated carbocycles. The second-order valence-electron chi connectivity index (χ2n) is 7.66. The van der Waals surface area contributed by atoms with Crippen molar-refractivity contribution >= 4 is 38.6 Å². The highest BCUT2D eigenvalue weighted by atomic mass is 32.1. The smallest absolute Gasteiger partial charge is 0.337 e. The van der Waals surface area contributed by atoms with Crippen LogP contribution in [-0.4, -0.2) is 75.4 Å². The molecule has 174 valence electrons. The number of carbonyl (C=O) groups excluding carboxylic acids is 2. The average Bonchev–Trinajstić information content (AvgIpc) is 3.29. The van der Waals surface area contributed by atoms with Crippen LogP contribution in [0.25, 0.3) is 10.2 Å². The minimum Gasteiger partial charge on any atom is -0.497 e. The SMILES string of the molecule is COC(=O)c1ccc(C(=O)N(CCCN2CCOCC2)c2nc3ccc(OC)cc3s2)cc1. The Morgan fingerprint density at radius 2 is 1.82 bits per heavy atom. The number of methoxy groups -OCH3 is 2. The topological polar surface area (TPSA) is 81.2 Å².